The molecule has 2 heterocycles. The van der Waals surface area contributed by atoms with E-state index in [2.05, 4.69) is 14.3 Å². The molecular formula is C26H29N5O3S. The van der Waals surface area contributed by atoms with Crippen LogP contribution in [0.3, 0.4) is 0 Å². The van der Waals surface area contributed by atoms with Gasteiger partial charge in [-0.05, 0) is 49.9 Å². The summed E-state index contributed by atoms with van der Waals surface area (Å²) < 4.78 is 35.3. The average molecular weight is 492 g/mol. The molecule has 5 N–H and O–H groups in total. The first-order valence-electron chi connectivity index (χ1n) is 11.8. The Morgan fingerprint density at radius 1 is 1.11 bits per heavy atom. The highest BCUT2D eigenvalue weighted by atomic mass is 32.2. The van der Waals surface area contributed by atoms with E-state index in [0.29, 0.717) is 41.0 Å². The molecule has 0 radical (unpaired) electrons. The zero-order valence-corrected chi connectivity index (χ0v) is 20.4. The number of hydrogen-bond acceptors (Lipinski definition) is 6. The molecule has 0 spiro atoms. The number of anilines is 3. The van der Waals surface area contributed by atoms with Gasteiger partial charge in [0.05, 0.1) is 34.5 Å². The number of nitrogens with one attached hydrogen (secondary N) is 1. The number of nitrogens with two attached hydrogens (primary N) is 2. The maximum absolute atomic E-state index is 12.1. The van der Waals surface area contributed by atoms with E-state index in [1.54, 1.807) is 30.6 Å². The smallest absolute Gasteiger partial charge is 0.232 e. The SMILES string of the molecule is CCCS(=O)(=O)Nc1ccc(-c2c(N)c3ccc(Oc4ccncc4N)cc3n2C2CCC2)cc1. The maximum atomic E-state index is 12.1. The topological polar surface area (TPSA) is 125 Å². The van der Waals surface area contributed by atoms with Crippen LogP contribution in [0.1, 0.15) is 38.6 Å². The largest absolute Gasteiger partial charge is 0.455 e. The molecule has 1 fully saturated rings. The first-order chi connectivity index (χ1) is 16.9. The molecule has 4 aromatic rings. The third kappa shape index (κ3) is 4.51. The van der Waals surface area contributed by atoms with Crippen LogP contribution in [0.25, 0.3) is 22.2 Å². The highest BCUT2D eigenvalue weighted by molar-refractivity contribution is 7.92. The van der Waals surface area contributed by atoms with E-state index in [9.17, 15) is 8.42 Å². The van der Waals surface area contributed by atoms with Crippen LogP contribution in [0.4, 0.5) is 17.1 Å². The van der Waals surface area contributed by atoms with Crippen molar-refractivity contribution in [1.82, 2.24) is 9.55 Å². The Morgan fingerprint density at radius 2 is 1.89 bits per heavy atom. The summed E-state index contributed by atoms with van der Waals surface area (Å²) >= 11 is 0. The Hall–Kier alpha value is -3.72. The molecule has 0 amide bonds. The van der Waals surface area contributed by atoms with Crippen molar-refractivity contribution in [3.63, 3.8) is 0 Å². The summed E-state index contributed by atoms with van der Waals surface area (Å²) in [6.45, 7) is 1.84. The Kier molecular flexibility index (Phi) is 6.02. The van der Waals surface area contributed by atoms with Gasteiger partial charge in [0.25, 0.3) is 0 Å². The van der Waals surface area contributed by atoms with Gasteiger partial charge in [0.2, 0.25) is 10.0 Å². The van der Waals surface area contributed by atoms with Crippen LogP contribution in [0.5, 0.6) is 11.5 Å². The zero-order valence-electron chi connectivity index (χ0n) is 19.6. The second-order valence-corrected chi connectivity index (χ2v) is 10.8. The van der Waals surface area contributed by atoms with Gasteiger partial charge in [0.1, 0.15) is 5.75 Å². The number of nitrogen functional groups attached to an aromatic ring is 2. The summed E-state index contributed by atoms with van der Waals surface area (Å²) in [4.78, 5) is 4.01. The predicted octanol–water partition coefficient (Wildman–Crippen LogP) is 5.54. The van der Waals surface area contributed by atoms with E-state index in [-0.39, 0.29) is 5.75 Å². The fraction of sp³-hybridized carbons (Fsp3) is 0.269. The zero-order chi connectivity index (χ0) is 24.6. The molecule has 1 aliphatic carbocycles. The van der Waals surface area contributed by atoms with E-state index >= 15 is 0 Å². The van der Waals surface area contributed by atoms with Crippen LogP contribution >= 0.6 is 0 Å². The molecule has 35 heavy (non-hydrogen) atoms. The molecule has 0 bridgehead atoms. The van der Waals surface area contributed by atoms with Crippen LogP contribution in [-0.2, 0) is 10.0 Å². The van der Waals surface area contributed by atoms with Crippen molar-refractivity contribution in [2.24, 2.45) is 0 Å². The number of aromatic nitrogens is 2. The van der Waals surface area contributed by atoms with Gasteiger partial charge < -0.3 is 20.8 Å². The summed E-state index contributed by atoms with van der Waals surface area (Å²) in [6, 6.07) is 15.3. The van der Waals surface area contributed by atoms with Crippen molar-refractivity contribution < 1.29 is 13.2 Å². The van der Waals surface area contributed by atoms with Crippen molar-refractivity contribution >= 4 is 38.0 Å². The lowest BCUT2D eigenvalue weighted by atomic mass is 9.92. The number of benzene rings is 2. The van der Waals surface area contributed by atoms with Gasteiger partial charge in [0, 0.05) is 41.0 Å². The van der Waals surface area contributed by atoms with Crippen LogP contribution in [0, 0.1) is 0 Å². The van der Waals surface area contributed by atoms with Gasteiger partial charge in [-0.2, -0.15) is 0 Å². The van der Waals surface area contributed by atoms with Gasteiger partial charge in [0.15, 0.2) is 5.75 Å². The van der Waals surface area contributed by atoms with Gasteiger partial charge in [-0.25, -0.2) is 8.42 Å². The van der Waals surface area contributed by atoms with Crippen LogP contribution in [0.2, 0.25) is 0 Å². The Bertz CT molecular complexity index is 1480. The highest BCUT2D eigenvalue weighted by Gasteiger charge is 2.27. The summed E-state index contributed by atoms with van der Waals surface area (Å²) in [5, 5.41) is 0.953. The lowest BCUT2D eigenvalue weighted by Crippen LogP contribution is -2.18. The Labute approximate surface area is 205 Å². The fourth-order valence-corrected chi connectivity index (χ4v) is 5.64. The number of nitrogens with zero attached hydrogens (tertiary/aromatic N) is 2. The molecule has 1 aliphatic rings. The summed E-state index contributed by atoms with van der Waals surface area (Å²) in [5.74, 6) is 1.31. The molecule has 1 saturated carbocycles. The van der Waals surface area contributed by atoms with Crippen LogP contribution in [0.15, 0.2) is 60.9 Å². The van der Waals surface area contributed by atoms with Crippen molar-refractivity contribution in [2.75, 3.05) is 21.9 Å². The number of hydrogen-bond donors (Lipinski definition) is 3. The molecule has 0 unspecified atom stereocenters. The molecule has 0 aliphatic heterocycles. The van der Waals surface area contributed by atoms with Crippen LogP contribution < -0.4 is 20.9 Å². The summed E-state index contributed by atoms with van der Waals surface area (Å²) in [7, 11) is -3.35. The molecule has 2 aromatic heterocycles. The molecular weight excluding hydrogens is 462 g/mol. The summed E-state index contributed by atoms with van der Waals surface area (Å²) in [5.41, 5.74) is 17.3. The normalized spacial score (nSPS) is 14.1. The van der Waals surface area contributed by atoms with Crippen LogP contribution in [-0.4, -0.2) is 23.7 Å². The fourth-order valence-electron chi connectivity index (χ4n) is 4.51. The third-order valence-electron chi connectivity index (χ3n) is 6.40. The predicted molar refractivity (Wildman–Crippen MR) is 141 cm³/mol. The lowest BCUT2D eigenvalue weighted by Gasteiger charge is -2.30. The van der Waals surface area contributed by atoms with E-state index < -0.39 is 10.0 Å². The minimum absolute atomic E-state index is 0.0904. The van der Waals surface area contributed by atoms with Gasteiger partial charge >= 0.3 is 0 Å². The third-order valence-corrected chi connectivity index (χ3v) is 7.89. The number of rotatable bonds is 8. The van der Waals surface area contributed by atoms with Gasteiger partial charge in [-0.3, -0.25) is 9.71 Å². The second kappa shape index (κ2) is 9.14. The van der Waals surface area contributed by atoms with E-state index in [1.165, 1.54) is 6.42 Å². The first kappa shape index (κ1) is 23.0. The molecule has 0 saturated heterocycles. The average Bonchev–Trinajstić information content (AvgIpc) is 3.06. The van der Waals surface area contributed by atoms with E-state index in [1.807, 2.05) is 37.3 Å². The molecule has 9 heteroatoms. The van der Waals surface area contributed by atoms with Crippen molar-refractivity contribution in [3.8, 4) is 22.8 Å². The monoisotopic (exact) mass is 491 g/mol. The minimum Gasteiger partial charge on any atom is -0.455 e. The Balaban J connectivity index is 1.55. The molecule has 8 nitrogen and oxygen atoms in total. The quantitative estimate of drug-likeness (QED) is 0.297. The van der Waals surface area contributed by atoms with Gasteiger partial charge in [-0.15, -0.1) is 0 Å². The Morgan fingerprint density at radius 3 is 2.54 bits per heavy atom. The van der Waals surface area contributed by atoms with Crippen molar-refractivity contribution in [1.29, 1.82) is 0 Å². The highest BCUT2D eigenvalue weighted by Crippen LogP contribution is 2.45. The molecule has 2 aromatic carbocycles. The molecule has 182 valence electrons. The number of ether oxygens (including phenoxy) is 1. The summed E-state index contributed by atoms with van der Waals surface area (Å²) in [6.07, 6.45) is 7.09. The number of sulfonamides is 1. The van der Waals surface area contributed by atoms with Gasteiger partial charge in [-0.1, -0.05) is 19.1 Å². The van der Waals surface area contributed by atoms with E-state index in [4.69, 9.17) is 16.2 Å². The minimum atomic E-state index is -3.35. The molecule has 5 rings (SSSR count). The van der Waals surface area contributed by atoms with Crippen molar-refractivity contribution in [2.45, 2.75) is 38.6 Å². The number of fused-ring (bicyclic) bond motifs is 1. The number of pyridine rings is 1. The lowest BCUT2D eigenvalue weighted by molar-refractivity contribution is 0.324. The molecule has 0 atom stereocenters. The maximum Gasteiger partial charge on any atom is 0.232 e. The van der Waals surface area contributed by atoms with E-state index in [0.717, 1.165) is 35.0 Å². The first-order valence-corrected chi connectivity index (χ1v) is 13.4. The second-order valence-electron chi connectivity index (χ2n) is 8.91. The van der Waals surface area contributed by atoms with Crippen molar-refractivity contribution in [3.05, 3.63) is 60.9 Å². The standard InChI is InChI=1S/C26H29N5O3S/c1-2-14-35(32,33)30-18-8-6-17(7-9-18)26-25(28)21-11-10-20(34-24-12-13-29-16-22(24)27)15-23(21)31(26)19-4-3-5-19/h6-13,15-16,19,30H,2-5,14,27-28H2,1H3.